The summed E-state index contributed by atoms with van der Waals surface area (Å²) in [7, 11) is 0. The third kappa shape index (κ3) is 5.78. The minimum Gasteiger partial charge on any atom is -0.493 e. The third-order valence-corrected chi connectivity index (χ3v) is 2.90. The van der Waals surface area contributed by atoms with Crippen molar-refractivity contribution in [3.8, 4) is 5.75 Å². The molecule has 0 atom stereocenters. The van der Waals surface area contributed by atoms with Crippen LogP contribution in [0.3, 0.4) is 0 Å². The molecule has 2 amide bonds. The van der Waals surface area contributed by atoms with Crippen molar-refractivity contribution in [2.45, 2.75) is 13.3 Å². The molecule has 120 valence electrons. The van der Waals surface area contributed by atoms with Crippen molar-refractivity contribution >= 4 is 23.2 Å². The Morgan fingerprint density at radius 2 is 1.52 bits per heavy atom. The molecule has 0 saturated carbocycles. The molecular formula is C17H17FN2O3. The average molecular weight is 316 g/mol. The van der Waals surface area contributed by atoms with Crippen molar-refractivity contribution in [3.05, 3.63) is 54.3 Å². The second-order valence-electron chi connectivity index (χ2n) is 4.86. The highest BCUT2D eigenvalue weighted by atomic mass is 19.1. The highest BCUT2D eigenvalue weighted by Crippen LogP contribution is 2.14. The predicted molar refractivity (Wildman–Crippen MR) is 85.9 cm³/mol. The zero-order chi connectivity index (χ0) is 16.7. The van der Waals surface area contributed by atoms with Gasteiger partial charge in [0.15, 0.2) is 0 Å². The zero-order valence-corrected chi connectivity index (χ0v) is 12.6. The molecule has 0 spiro atoms. The summed E-state index contributed by atoms with van der Waals surface area (Å²) in [6.45, 7) is 1.62. The normalized spacial score (nSPS) is 10.0. The van der Waals surface area contributed by atoms with E-state index < -0.39 is 0 Å². The van der Waals surface area contributed by atoms with Gasteiger partial charge in [-0.05, 0) is 48.5 Å². The molecule has 0 saturated heterocycles. The minimum absolute atomic E-state index is 0.153. The summed E-state index contributed by atoms with van der Waals surface area (Å²) in [5.41, 5.74) is 1.29. The first-order valence-corrected chi connectivity index (χ1v) is 7.09. The van der Waals surface area contributed by atoms with Crippen molar-refractivity contribution in [2.24, 2.45) is 0 Å². The van der Waals surface area contributed by atoms with Crippen molar-refractivity contribution in [3.63, 3.8) is 0 Å². The number of ether oxygens (including phenoxy) is 1. The maximum absolute atomic E-state index is 12.7. The number of benzene rings is 2. The average Bonchev–Trinajstić information content (AvgIpc) is 2.51. The molecular weight excluding hydrogens is 299 g/mol. The summed E-state index contributed by atoms with van der Waals surface area (Å²) in [5.74, 6) is -0.171. The van der Waals surface area contributed by atoms with Crippen LogP contribution >= 0.6 is 0 Å². The van der Waals surface area contributed by atoms with Crippen LogP contribution in [-0.2, 0) is 9.59 Å². The fourth-order valence-electron chi connectivity index (χ4n) is 1.86. The Morgan fingerprint density at radius 3 is 2.09 bits per heavy atom. The number of carbonyl (C=O) groups is 2. The molecule has 2 aromatic rings. The van der Waals surface area contributed by atoms with Gasteiger partial charge in [-0.15, -0.1) is 0 Å². The van der Waals surface area contributed by atoms with Gasteiger partial charge < -0.3 is 15.4 Å². The van der Waals surface area contributed by atoms with Crippen molar-refractivity contribution < 1.29 is 18.7 Å². The smallest absolute Gasteiger partial charge is 0.227 e. The van der Waals surface area contributed by atoms with E-state index in [2.05, 4.69) is 10.6 Å². The van der Waals surface area contributed by atoms with Gasteiger partial charge in [-0.25, -0.2) is 4.39 Å². The van der Waals surface area contributed by atoms with Crippen LogP contribution < -0.4 is 15.4 Å². The monoisotopic (exact) mass is 316 g/mol. The minimum atomic E-state index is -0.335. The molecule has 2 rings (SSSR count). The van der Waals surface area contributed by atoms with Gasteiger partial charge in [-0.3, -0.25) is 9.59 Å². The number of carbonyl (C=O) groups excluding carboxylic acids is 2. The highest BCUT2D eigenvalue weighted by Gasteiger charge is 2.04. The van der Waals surface area contributed by atoms with Crippen LogP contribution in [-0.4, -0.2) is 18.4 Å². The maximum Gasteiger partial charge on any atom is 0.227 e. The molecule has 0 bridgehead atoms. The highest BCUT2D eigenvalue weighted by molar-refractivity contribution is 5.92. The fraction of sp³-hybridized carbons (Fsp3) is 0.176. The summed E-state index contributed by atoms with van der Waals surface area (Å²) in [6, 6.07) is 12.4. The lowest BCUT2D eigenvalue weighted by Crippen LogP contribution is -2.15. The van der Waals surface area contributed by atoms with Crippen molar-refractivity contribution in [2.75, 3.05) is 17.2 Å². The van der Waals surface area contributed by atoms with Gasteiger partial charge in [-0.2, -0.15) is 0 Å². The van der Waals surface area contributed by atoms with Gasteiger partial charge in [0.05, 0.1) is 13.0 Å². The van der Waals surface area contributed by atoms with Gasteiger partial charge in [-0.1, -0.05) is 0 Å². The summed E-state index contributed by atoms with van der Waals surface area (Å²) < 4.78 is 18.1. The Bertz CT molecular complexity index is 669. The molecule has 0 aliphatic carbocycles. The van der Waals surface area contributed by atoms with Crippen LogP contribution in [0.25, 0.3) is 0 Å². The topological polar surface area (TPSA) is 67.4 Å². The number of nitrogens with one attached hydrogen (secondary N) is 2. The largest absolute Gasteiger partial charge is 0.493 e. The summed E-state index contributed by atoms with van der Waals surface area (Å²) in [6.07, 6.45) is 0.171. The van der Waals surface area contributed by atoms with Crippen molar-refractivity contribution in [1.82, 2.24) is 0 Å². The van der Waals surface area contributed by atoms with Crippen LogP contribution in [0.5, 0.6) is 5.75 Å². The first-order chi connectivity index (χ1) is 11.0. The third-order valence-electron chi connectivity index (χ3n) is 2.90. The van der Waals surface area contributed by atoms with Gasteiger partial charge in [0.25, 0.3) is 0 Å². The first kappa shape index (κ1) is 16.5. The van der Waals surface area contributed by atoms with Gasteiger partial charge in [0.1, 0.15) is 11.6 Å². The van der Waals surface area contributed by atoms with Crippen LogP contribution in [0.4, 0.5) is 15.8 Å². The molecule has 0 aliphatic rings. The Hall–Kier alpha value is -2.89. The molecule has 0 radical (unpaired) electrons. The number of hydrogen-bond acceptors (Lipinski definition) is 3. The molecule has 0 aliphatic heterocycles. The first-order valence-electron chi connectivity index (χ1n) is 7.09. The van der Waals surface area contributed by atoms with E-state index in [4.69, 9.17) is 4.74 Å². The van der Waals surface area contributed by atoms with Gasteiger partial charge >= 0.3 is 0 Å². The molecule has 5 nitrogen and oxygen atoms in total. The second-order valence-corrected chi connectivity index (χ2v) is 4.86. The second kappa shape index (κ2) is 7.93. The Balaban J connectivity index is 1.76. The van der Waals surface area contributed by atoms with E-state index in [0.717, 1.165) is 0 Å². The van der Waals surface area contributed by atoms with E-state index >= 15 is 0 Å². The number of rotatable bonds is 6. The molecule has 0 fully saturated rings. The molecule has 0 aromatic heterocycles. The van der Waals surface area contributed by atoms with Crippen LogP contribution in [0.2, 0.25) is 0 Å². The number of amides is 2. The van der Waals surface area contributed by atoms with Gasteiger partial charge in [0, 0.05) is 18.3 Å². The van der Waals surface area contributed by atoms with E-state index in [1.54, 1.807) is 24.3 Å². The van der Waals surface area contributed by atoms with Crippen LogP contribution in [0.1, 0.15) is 13.3 Å². The van der Waals surface area contributed by atoms with Gasteiger partial charge in [0.2, 0.25) is 11.8 Å². The van der Waals surface area contributed by atoms with E-state index in [0.29, 0.717) is 17.1 Å². The van der Waals surface area contributed by atoms with E-state index in [1.165, 1.54) is 31.2 Å². The quantitative estimate of drug-likeness (QED) is 0.860. The summed E-state index contributed by atoms with van der Waals surface area (Å²) in [4.78, 5) is 22.7. The summed E-state index contributed by atoms with van der Waals surface area (Å²) >= 11 is 0. The fourth-order valence-corrected chi connectivity index (χ4v) is 1.86. The molecule has 2 aromatic carbocycles. The SMILES string of the molecule is CC(=O)Nc1ccc(NC(=O)CCOc2ccc(F)cc2)cc1. The molecule has 0 unspecified atom stereocenters. The number of anilines is 2. The Kier molecular flexibility index (Phi) is 5.68. The predicted octanol–water partition coefficient (Wildman–Crippen LogP) is 3.19. The van der Waals surface area contributed by atoms with E-state index in [1.807, 2.05) is 0 Å². The molecule has 23 heavy (non-hydrogen) atoms. The standard InChI is InChI=1S/C17H17FN2O3/c1-12(21)19-14-4-6-15(7-5-14)20-17(22)10-11-23-16-8-2-13(18)3-9-16/h2-9H,10-11H2,1H3,(H,19,21)(H,20,22). The number of halogens is 1. The van der Waals surface area contributed by atoms with Crippen molar-refractivity contribution in [1.29, 1.82) is 0 Å². The lowest BCUT2D eigenvalue weighted by Gasteiger charge is -2.08. The number of hydrogen-bond donors (Lipinski definition) is 2. The lowest BCUT2D eigenvalue weighted by atomic mass is 10.2. The molecule has 0 heterocycles. The van der Waals surface area contributed by atoms with Crippen LogP contribution in [0, 0.1) is 5.82 Å². The molecule has 2 N–H and O–H groups in total. The Labute approximate surface area is 133 Å². The van der Waals surface area contributed by atoms with Crippen LogP contribution in [0.15, 0.2) is 48.5 Å². The maximum atomic E-state index is 12.7. The zero-order valence-electron chi connectivity index (χ0n) is 12.6. The van der Waals surface area contributed by atoms with E-state index in [-0.39, 0.29) is 30.7 Å². The van der Waals surface area contributed by atoms with E-state index in [9.17, 15) is 14.0 Å². The lowest BCUT2D eigenvalue weighted by molar-refractivity contribution is -0.116. The Morgan fingerprint density at radius 1 is 0.957 bits per heavy atom. The summed E-state index contributed by atoms with van der Waals surface area (Å²) in [5, 5.41) is 5.37. The molecule has 6 heteroatoms.